The monoisotopic (exact) mass is 282 g/mol. The third-order valence-corrected chi connectivity index (χ3v) is 4.40. The first-order chi connectivity index (χ1) is 9.06. The summed E-state index contributed by atoms with van der Waals surface area (Å²) < 4.78 is 0. The minimum Gasteiger partial charge on any atom is -0.312 e. The summed E-state index contributed by atoms with van der Waals surface area (Å²) in [6.07, 6.45) is 1.24. The first-order valence-electron chi connectivity index (χ1n) is 7.58. The van der Waals surface area contributed by atoms with Crippen LogP contribution in [0.25, 0.3) is 0 Å². The summed E-state index contributed by atoms with van der Waals surface area (Å²) in [6, 6.07) is 2.39. The van der Waals surface area contributed by atoms with Crippen molar-refractivity contribution in [1.29, 1.82) is 0 Å². The molecule has 0 spiro atoms. The van der Waals surface area contributed by atoms with Crippen molar-refractivity contribution in [2.75, 3.05) is 19.6 Å². The smallest absolute Gasteiger partial charge is 0.0300 e. The molecule has 0 aliphatic carbocycles. The van der Waals surface area contributed by atoms with Gasteiger partial charge >= 0.3 is 0 Å². The van der Waals surface area contributed by atoms with E-state index in [-0.39, 0.29) is 0 Å². The van der Waals surface area contributed by atoms with Crippen LogP contribution in [-0.2, 0) is 13.1 Å². The standard InChI is InChI=1S/C16H30N2S/c1-6-8-18(7-2)12-15-9-16(19-14(15)5)11-17-10-13(3)4/h9,13,17H,6-8,10-12H2,1-5H3. The molecule has 3 heteroatoms. The number of thiophene rings is 1. The molecule has 0 unspecified atom stereocenters. The Morgan fingerprint density at radius 2 is 2.05 bits per heavy atom. The van der Waals surface area contributed by atoms with E-state index in [1.54, 1.807) is 0 Å². The van der Waals surface area contributed by atoms with Gasteiger partial charge in [-0.3, -0.25) is 4.90 Å². The average molecular weight is 282 g/mol. The first kappa shape index (κ1) is 16.7. The highest BCUT2D eigenvalue weighted by Crippen LogP contribution is 2.23. The van der Waals surface area contributed by atoms with Crippen LogP contribution >= 0.6 is 11.3 Å². The van der Waals surface area contributed by atoms with Crippen molar-refractivity contribution in [1.82, 2.24) is 10.2 Å². The van der Waals surface area contributed by atoms with E-state index in [0.717, 1.165) is 32.1 Å². The van der Waals surface area contributed by atoms with Crippen molar-refractivity contribution in [2.24, 2.45) is 5.92 Å². The Balaban J connectivity index is 2.53. The van der Waals surface area contributed by atoms with Crippen LogP contribution in [0.1, 0.15) is 49.4 Å². The van der Waals surface area contributed by atoms with E-state index in [1.807, 2.05) is 11.3 Å². The lowest BCUT2D eigenvalue weighted by molar-refractivity contribution is 0.280. The fraction of sp³-hybridized carbons (Fsp3) is 0.750. The number of rotatable bonds is 9. The predicted molar refractivity (Wildman–Crippen MR) is 86.8 cm³/mol. The molecule has 0 saturated heterocycles. The highest BCUT2D eigenvalue weighted by molar-refractivity contribution is 7.12. The molecule has 0 aliphatic rings. The lowest BCUT2D eigenvalue weighted by Crippen LogP contribution is -2.23. The number of aryl methyl sites for hydroxylation is 1. The van der Waals surface area contributed by atoms with Gasteiger partial charge in [0.05, 0.1) is 0 Å². The van der Waals surface area contributed by atoms with E-state index >= 15 is 0 Å². The van der Waals surface area contributed by atoms with Gasteiger partial charge in [-0.2, -0.15) is 0 Å². The first-order valence-corrected chi connectivity index (χ1v) is 8.39. The molecule has 1 heterocycles. The van der Waals surface area contributed by atoms with Crippen LogP contribution in [-0.4, -0.2) is 24.5 Å². The van der Waals surface area contributed by atoms with Gasteiger partial charge in [0.15, 0.2) is 0 Å². The SMILES string of the molecule is CCCN(CC)Cc1cc(CNCC(C)C)sc1C. The van der Waals surface area contributed by atoms with E-state index in [1.165, 1.54) is 28.3 Å². The van der Waals surface area contributed by atoms with Crippen LogP contribution in [0.3, 0.4) is 0 Å². The Kier molecular flexibility index (Phi) is 7.66. The molecule has 19 heavy (non-hydrogen) atoms. The van der Waals surface area contributed by atoms with Gasteiger partial charge < -0.3 is 5.32 Å². The summed E-state index contributed by atoms with van der Waals surface area (Å²) in [5, 5.41) is 3.53. The second kappa shape index (κ2) is 8.72. The van der Waals surface area contributed by atoms with Crippen LogP contribution in [0, 0.1) is 12.8 Å². The number of hydrogen-bond acceptors (Lipinski definition) is 3. The van der Waals surface area contributed by atoms with Crippen molar-refractivity contribution < 1.29 is 0 Å². The molecular formula is C16H30N2S. The molecule has 0 radical (unpaired) electrons. The molecule has 1 aromatic rings. The van der Waals surface area contributed by atoms with Crippen molar-refractivity contribution in [3.63, 3.8) is 0 Å². The van der Waals surface area contributed by atoms with Crippen molar-refractivity contribution in [3.8, 4) is 0 Å². The van der Waals surface area contributed by atoms with Gasteiger partial charge in [0, 0.05) is 22.8 Å². The van der Waals surface area contributed by atoms with E-state index in [0.29, 0.717) is 0 Å². The molecule has 1 rings (SSSR count). The van der Waals surface area contributed by atoms with E-state index in [4.69, 9.17) is 0 Å². The maximum atomic E-state index is 3.53. The largest absolute Gasteiger partial charge is 0.312 e. The van der Waals surface area contributed by atoms with Crippen molar-refractivity contribution >= 4 is 11.3 Å². The van der Waals surface area contributed by atoms with Gasteiger partial charge in [0.1, 0.15) is 0 Å². The lowest BCUT2D eigenvalue weighted by Gasteiger charge is -2.19. The van der Waals surface area contributed by atoms with Crippen molar-refractivity contribution in [2.45, 2.75) is 54.1 Å². The summed E-state index contributed by atoms with van der Waals surface area (Å²) in [6.45, 7) is 16.8. The topological polar surface area (TPSA) is 15.3 Å². The summed E-state index contributed by atoms with van der Waals surface area (Å²) in [5.41, 5.74) is 1.52. The van der Waals surface area contributed by atoms with E-state index in [9.17, 15) is 0 Å². The quantitative estimate of drug-likeness (QED) is 0.735. The van der Waals surface area contributed by atoms with Crippen LogP contribution in [0.4, 0.5) is 0 Å². The van der Waals surface area contributed by atoms with Crippen molar-refractivity contribution in [3.05, 3.63) is 21.4 Å². The second-order valence-corrected chi connectivity index (χ2v) is 7.03. The van der Waals surface area contributed by atoms with Crippen LogP contribution < -0.4 is 5.32 Å². The summed E-state index contributed by atoms with van der Waals surface area (Å²) >= 11 is 1.95. The molecule has 0 fully saturated rings. The summed E-state index contributed by atoms with van der Waals surface area (Å²) in [4.78, 5) is 5.48. The second-order valence-electron chi connectivity index (χ2n) is 5.69. The lowest BCUT2D eigenvalue weighted by atomic mass is 10.2. The maximum absolute atomic E-state index is 3.53. The third-order valence-electron chi connectivity index (χ3n) is 3.30. The Morgan fingerprint density at radius 1 is 1.32 bits per heavy atom. The number of nitrogens with zero attached hydrogens (tertiary/aromatic N) is 1. The van der Waals surface area contributed by atoms with Gasteiger partial charge in [0.25, 0.3) is 0 Å². The Labute approximate surface area is 123 Å². The minimum atomic E-state index is 0.723. The van der Waals surface area contributed by atoms with E-state index in [2.05, 4.69) is 50.9 Å². The van der Waals surface area contributed by atoms with Crippen LogP contribution in [0.2, 0.25) is 0 Å². The predicted octanol–water partition coefficient (Wildman–Crippen LogP) is 4.03. The minimum absolute atomic E-state index is 0.723. The molecule has 110 valence electrons. The van der Waals surface area contributed by atoms with Gasteiger partial charge in [-0.1, -0.05) is 27.7 Å². The zero-order chi connectivity index (χ0) is 14.3. The number of nitrogens with one attached hydrogen (secondary N) is 1. The molecule has 2 nitrogen and oxygen atoms in total. The zero-order valence-corrected chi connectivity index (χ0v) is 14.1. The zero-order valence-electron chi connectivity index (χ0n) is 13.3. The Hall–Kier alpha value is -0.380. The van der Waals surface area contributed by atoms with Crippen LogP contribution in [0.5, 0.6) is 0 Å². The fourth-order valence-electron chi connectivity index (χ4n) is 2.22. The molecule has 0 aliphatic heterocycles. The molecule has 0 amide bonds. The van der Waals surface area contributed by atoms with Gasteiger partial charge in [-0.25, -0.2) is 0 Å². The molecule has 1 aromatic heterocycles. The fourth-order valence-corrected chi connectivity index (χ4v) is 3.25. The Morgan fingerprint density at radius 3 is 2.63 bits per heavy atom. The van der Waals surface area contributed by atoms with Gasteiger partial charge in [-0.05, 0) is 50.5 Å². The normalized spacial score (nSPS) is 11.7. The summed E-state index contributed by atoms with van der Waals surface area (Å²) in [7, 11) is 0. The third kappa shape index (κ3) is 6.07. The molecule has 0 bridgehead atoms. The molecule has 0 aromatic carbocycles. The van der Waals surface area contributed by atoms with Gasteiger partial charge in [-0.15, -0.1) is 11.3 Å². The molecule has 0 saturated carbocycles. The molecular weight excluding hydrogens is 252 g/mol. The van der Waals surface area contributed by atoms with E-state index < -0.39 is 0 Å². The average Bonchev–Trinajstić information content (AvgIpc) is 2.69. The van der Waals surface area contributed by atoms with Crippen LogP contribution in [0.15, 0.2) is 6.07 Å². The molecule has 0 atom stereocenters. The Bertz CT molecular complexity index is 358. The maximum Gasteiger partial charge on any atom is 0.0300 e. The highest BCUT2D eigenvalue weighted by Gasteiger charge is 2.09. The number of hydrogen-bond donors (Lipinski definition) is 1. The summed E-state index contributed by atoms with van der Waals surface area (Å²) in [5.74, 6) is 0.723. The van der Waals surface area contributed by atoms with Gasteiger partial charge in [0.2, 0.25) is 0 Å². The molecule has 1 N–H and O–H groups in total. The highest BCUT2D eigenvalue weighted by atomic mass is 32.1.